The van der Waals surface area contributed by atoms with Gasteiger partial charge < -0.3 is 19.8 Å². The summed E-state index contributed by atoms with van der Waals surface area (Å²) >= 11 is 0. The molecule has 1 saturated carbocycles. The third-order valence-corrected chi connectivity index (χ3v) is 5.83. The number of furan rings is 1. The Morgan fingerprint density at radius 1 is 1.10 bits per heavy atom. The molecular weight excluding hydrogens is 384 g/mol. The number of ether oxygens (including phenoxy) is 1. The zero-order valence-corrected chi connectivity index (χ0v) is 17.5. The van der Waals surface area contributed by atoms with E-state index in [-0.39, 0.29) is 29.0 Å². The van der Waals surface area contributed by atoms with Gasteiger partial charge in [0.1, 0.15) is 0 Å². The maximum absolute atomic E-state index is 12.7. The first-order chi connectivity index (χ1) is 14.4. The van der Waals surface area contributed by atoms with E-state index in [9.17, 15) is 14.4 Å². The topological polar surface area (TPSA) is 97.6 Å². The van der Waals surface area contributed by atoms with Crippen LogP contribution in [0.15, 0.2) is 47.1 Å². The first-order valence-corrected chi connectivity index (χ1v) is 10.3. The van der Waals surface area contributed by atoms with Crippen LogP contribution in [-0.4, -0.2) is 29.9 Å². The van der Waals surface area contributed by atoms with Crippen molar-refractivity contribution >= 4 is 23.5 Å². The molecule has 2 N–H and O–H groups in total. The van der Waals surface area contributed by atoms with Crippen LogP contribution in [0, 0.1) is 11.8 Å². The van der Waals surface area contributed by atoms with Gasteiger partial charge >= 0.3 is 5.97 Å². The van der Waals surface area contributed by atoms with E-state index in [2.05, 4.69) is 24.5 Å². The molecule has 1 aliphatic carbocycles. The molecule has 0 radical (unpaired) electrons. The van der Waals surface area contributed by atoms with Crippen LogP contribution in [0.25, 0.3) is 0 Å². The molecule has 0 spiro atoms. The summed E-state index contributed by atoms with van der Waals surface area (Å²) in [6.45, 7) is 5.89. The summed E-state index contributed by atoms with van der Waals surface area (Å²) in [5, 5.41) is 5.66. The average Bonchev–Trinajstić information content (AvgIpc) is 3.26. The highest BCUT2D eigenvalue weighted by Crippen LogP contribution is 2.29. The Bertz CT molecular complexity index is 893. The Labute approximate surface area is 176 Å². The Hall–Kier alpha value is -3.09. The molecule has 2 aromatic rings. The van der Waals surface area contributed by atoms with Crippen LogP contribution in [0.5, 0.6) is 0 Å². The van der Waals surface area contributed by atoms with Crippen LogP contribution < -0.4 is 10.6 Å². The SMILES string of the molecule is C[C@@H]1[C@H](C)CCC[C@@H]1NC(=O)[C@@H](C)OC(=O)c1ccccc1NC(=O)c1ccco1. The molecule has 160 valence electrons. The van der Waals surface area contributed by atoms with Crippen LogP contribution in [0.4, 0.5) is 5.69 Å². The molecule has 0 aliphatic heterocycles. The normalized spacial score (nSPS) is 22.0. The van der Waals surface area contributed by atoms with Gasteiger partial charge in [0.05, 0.1) is 17.5 Å². The van der Waals surface area contributed by atoms with Crippen LogP contribution in [-0.2, 0) is 9.53 Å². The van der Waals surface area contributed by atoms with E-state index < -0.39 is 18.0 Å². The summed E-state index contributed by atoms with van der Waals surface area (Å²) in [5.74, 6) is -0.424. The van der Waals surface area contributed by atoms with Crippen molar-refractivity contribution in [1.29, 1.82) is 0 Å². The number of benzene rings is 1. The fraction of sp³-hybridized carbons (Fsp3) is 0.435. The Balaban J connectivity index is 1.62. The number of esters is 1. The van der Waals surface area contributed by atoms with E-state index in [1.54, 1.807) is 31.2 Å². The van der Waals surface area contributed by atoms with Crippen LogP contribution in [0.2, 0.25) is 0 Å². The van der Waals surface area contributed by atoms with Gasteiger partial charge in [-0.2, -0.15) is 0 Å². The van der Waals surface area contributed by atoms with E-state index in [0.717, 1.165) is 12.8 Å². The fourth-order valence-corrected chi connectivity index (χ4v) is 3.73. The minimum absolute atomic E-state index is 0.0854. The largest absolute Gasteiger partial charge is 0.459 e. The van der Waals surface area contributed by atoms with Crippen molar-refractivity contribution < 1.29 is 23.5 Å². The van der Waals surface area contributed by atoms with Crippen LogP contribution in [0.3, 0.4) is 0 Å². The number of carbonyl (C=O) groups excluding carboxylic acids is 3. The zero-order valence-electron chi connectivity index (χ0n) is 17.5. The van der Waals surface area contributed by atoms with Gasteiger partial charge in [0.2, 0.25) is 0 Å². The molecule has 30 heavy (non-hydrogen) atoms. The van der Waals surface area contributed by atoms with E-state index in [4.69, 9.17) is 9.15 Å². The highest BCUT2D eigenvalue weighted by molar-refractivity contribution is 6.06. The molecule has 1 aliphatic rings. The quantitative estimate of drug-likeness (QED) is 0.699. The number of rotatable bonds is 6. The molecule has 1 aromatic carbocycles. The molecule has 2 amide bonds. The molecular formula is C23H28N2O5. The van der Waals surface area contributed by atoms with Crippen molar-refractivity contribution in [2.45, 2.75) is 52.2 Å². The van der Waals surface area contributed by atoms with E-state index in [1.165, 1.54) is 24.8 Å². The van der Waals surface area contributed by atoms with E-state index in [1.807, 2.05) is 0 Å². The van der Waals surface area contributed by atoms with Gasteiger partial charge in [-0.15, -0.1) is 0 Å². The first kappa shape index (κ1) is 21.6. The number of anilines is 1. The predicted octanol–water partition coefficient (Wildman–Crippen LogP) is 4.02. The Kier molecular flexibility index (Phi) is 6.92. The minimum atomic E-state index is -0.948. The van der Waals surface area contributed by atoms with Gasteiger partial charge in [-0.3, -0.25) is 9.59 Å². The molecule has 7 heteroatoms. The fourth-order valence-electron chi connectivity index (χ4n) is 3.73. The van der Waals surface area contributed by atoms with Crippen molar-refractivity contribution in [2.75, 3.05) is 5.32 Å². The monoisotopic (exact) mass is 412 g/mol. The lowest BCUT2D eigenvalue weighted by molar-refractivity contribution is -0.130. The highest BCUT2D eigenvalue weighted by atomic mass is 16.5. The third-order valence-electron chi connectivity index (χ3n) is 5.83. The Morgan fingerprint density at radius 2 is 1.87 bits per heavy atom. The molecule has 1 heterocycles. The summed E-state index contributed by atoms with van der Waals surface area (Å²) in [7, 11) is 0. The van der Waals surface area contributed by atoms with Crippen LogP contribution >= 0.6 is 0 Å². The number of hydrogen-bond donors (Lipinski definition) is 2. The third kappa shape index (κ3) is 5.09. The van der Waals surface area contributed by atoms with Crippen LogP contribution in [0.1, 0.15) is 60.9 Å². The van der Waals surface area contributed by atoms with Gasteiger partial charge in [-0.25, -0.2) is 4.79 Å². The summed E-state index contributed by atoms with van der Waals surface area (Å²) < 4.78 is 10.5. The molecule has 0 bridgehead atoms. The summed E-state index contributed by atoms with van der Waals surface area (Å²) in [6, 6.07) is 9.69. The summed E-state index contributed by atoms with van der Waals surface area (Å²) in [5.41, 5.74) is 0.447. The summed E-state index contributed by atoms with van der Waals surface area (Å²) in [4.78, 5) is 37.5. The van der Waals surface area contributed by atoms with Gasteiger partial charge in [0, 0.05) is 6.04 Å². The second-order valence-corrected chi connectivity index (χ2v) is 7.91. The van der Waals surface area contributed by atoms with Crippen molar-refractivity contribution in [3.05, 3.63) is 54.0 Å². The molecule has 0 saturated heterocycles. The number of para-hydroxylation sites is 1. The van der Waals surface area contributed by atoms with Gasteiger partial charge in [0.15, 0.2) is 11.9 Å². The maximum Gasteiger partial charge on any atom is 0.341 e. The smallest absolute Gasteiger partial charge is 0.341 e. The lowest BCUT2D eigenvalue weighted by Crippen LogP contribution is -2.47. The number of nitrogens with one attached hydrogen (secondary N) is 2. The lowest BCUT2D eigenvalue weighted by atomic mass is 9.78. The number of hydrogen-bond acceptors (Lipinski definition) is 5. The standard InChI is InChI=1S/C23H28N2O5/c1-14-8-6-11-18(15(14)2)24-21(26)16(3)30-23(28)17-9-4-5-10-19(17)25-22(27)20-12-7-13-29-20/h4-5,7,9-10,12-16,18H,6,8,11H2,1-3H3,(H,24,26)(H,25,27)/t14-,15-,16-,18+/m1/s1. The van der Waals surface area contributed by atoms with Gasteiger partial charge in [-0.1, -0.05) is 38.8 Å². The lowest BCUT2D eigenvalue weighted by Gasteiger charge is -2.35. The van der Waals surface area contributed by atoms with Crippen molar-refractivity contribution in [3.63, 3.8) is 0 Å². The number of carbonyl (C=O) groups is 3. The molecule has 1 aromatic heterocycles. The Morgan fingerprint density at radius 3 is 2.60 bits per heavy atom. The first-order valence-electron chi connectivity index (χ1n) is 10.3. The molecule has 1 fully saturated rings. The zero-order chi connectivity index (χ0) is 21.7. The van der Waals surface area contributed by atoms with E-state index in [0.29, 0.717) is 11.8 Å². The molecule has 0 unspecified atom stereocenters. The predicted molar refractivity (Wildman–Crippen MR) is 112 cm³/mol. The van der Waals surface area contributed by atoms with Gasteiger partial charge in [-0.05, 0) is 49.4 Å². The van der Waals surface area contributed by atoms with Crippen molar-refractivity contribution in [2.24, 2.45) is 11.8 Å². The number of amides is 2. The average molecular weight is 412 g/mol. The molecule has 4 atom stereocenters. The van der Waals surface area contributed by atoms with Gasteiger partial charge in [0.25, 0.3) is 11.8 Å². The van der Waals surface area contributed by atoms with E-state index >= 15 is 0 Å². The second kappa shape index (κ2) is 9.61. The summed E-state index contributed by atoms with van der Waals surface area (Å²) in [6.07, 6.45) is 3.62. The minimum Gasteiger partial charge on any atom is -0.459 e. The van der Waals surface area contributed by atoms with Crippen molar-refractivity contribution in [1.82, 2.24) is 5.32 Å². The maximum atomic E-state index is 12.7. The second-order valence-electron chi connectivity index (χ2n) is 7.91. The van der Waals surface area contributed by atoms with Crippen molar-refractivity contribution in [3.8, 4) is 0 Å². The molecule has 7 nitrogen and oxygen atoms in total. The molecule has 3 rings (SSSR count). The highest BCUT2D eigenvalue weighted by Gasteiger charge is 2.30.